The van der Waals surface area contributed by atoms with E-state index in [1.165, 1.54) is 0 Å². The van der Waals surface area contributed by atoms with Gasteiger partial charge in [0.2, 0.25) is 0 Å². The van der Waals surface area contributed by atoms with Gasteiger partial charge in [0.25, 0.3) is 0 Å². The van der Waals surface area contributed by atoms with Crippen LogP contribution in [0.3, 0.4) is 0 Å². The smallest absolute Gasteiger partial charge is 0.101 e. The van der Waals surface area contributed by atoms with Crippen molar-refractivity contribution in [1.82, 2.24) is 0 Å². The van der Waals surface area contributed by atoms with Crippen LogP contribution in [0.25, 0.3) is 0 Å². The van der Waals surface area contributed by atoms with E-state index < -0.39 is 5.60 Å². The molecule has 2 rings (SSSR count). The van der Waals surface area contributed by atoms with Crippen molar-refractivity contribution < 1.29 is 5.11 Å². The maximum atomic E-state index is 10.5. The summed E-state index contributed by atoms with van der Waals surface area (Å²) in [5, 5.41) is 13.1. The van der Waals surface area contributed by atoms with Gasteiger partial charge in [0.05, 0.1) is 9.90 Å². The van der Waals surface area contributed by atoms with Crippen LogP contribution in [0.4, 0.5) is 0 Å². The number of rotatable bonds is 2. The third-order valence-electron chi connectivity index (χ3n) is 3.27. The van der Waals surface area contributed by atoms with E-state index in [-0.39, 0.29) is 5.41 Å². The number of halogens is 1. The Hall–Kier alpha value is -0.0500. The van der Waals surface area contributed by atoms with E-state index in [2.05, 4.69) is 13.8 Å². The molecule has 1 aliphatic rings. The topological polar surface area (TPSA) is 20.2 Å². The zero-order valence-corrected chi connectivity index (χ0v) is 10.2. The molecule has 2 unspecified atom stereocenters. The molecule has 78 valence electrons. The van der Waals surface area contributed by atoms with Gasteiger partial charge in [0, 0.05) is 0 Å². The summed E-state index contributed by atoms with van der Waals surface area (Å²) >= 11 is 7.58. The summed E-state index contributed by atoms with van der Waals surface area (Å²) in [6.07, 6.45) is 1.08. The molecule has 0 radical (unpaired) electrons. The molecule has 1 nitrogen and oxygen atoms in total. The van der Waals surface area contributed by atoms with E-state index in [4.69, 9.17) is 11.6 Å². The van der Waals surface area contributed by atoms with Crippen LogP contribution in [0.1, 0.15) is 32.1 Å². The first-order valence-corrected chi connectivity index (χ1v) is 6.07. The van der Waals surface area contributed by atoms with Crippen LogP contribution in [0.2, 0.25) is 5.02 Å². The minimum atomic E-state index is -0.755. The molecule has 1 aromatic rings. The molecule has 2 atom stereocenters. The monoisotopic (exact) mass is 230 g/mol. The molecule has 0 amide bonds. The summed E-state index contributed by atoms with van der Waals surface area (Å²) in [6, 6.07) is 1.85. The molecule has 3 heteroatoms. The van der Waals surface area contributed by atoms with E-state index in [0.717, 1.165) is 11.3 Å². The molecule has 1 N–H and O–H groups in total. The van der Waals surface area contributed by atoms with Crippen LogP contribution in [-0.2, 0) is 5.60 Å². The van der Waals surface area contributed by atoms with Crippen molar-refractivity contribution in [3.8, 4) is 0 Å². The molecule has 1 fully saturated rings. The van der Waals surface area contributed by atoms with Crippen LogP contribution < -0.4 is 0 Å². The third kappa shape index (κ3) is 1.50. The lowest BCUT2D eigenvalue weighted by molar-refractivity contribution is 0.0246. The van der Waals surface area contributed by atoms with Crippen molar-refractivity contribution in [2.75, 3.05) is 0 Å². The van der Waals surface area contributed by atoms with Gasteiger partial charge in [-0.1, -0.05) is 25.4 Å². The molecule has 0 aliphatic heterocycles. The van der Waals surface area contributed by atoms with Gasteiger partial charge in [-0.2, -0.15) is 0 Å². The maximum absolute atomic E-state index is 10.5. The van der Waals surface area contributed by atoms with Crippen molar-refractivity contribution in [3.63, 3.8) is 0 Å². The number of hydrogen-bond donors (Lipinski definition) is 1. The van der Waals surface area contributed by atoms with E-state index in [1.54, 1.807) is 11.3 Å². The lowest BCUT2D eigenvalue weighted by atomic mass is 9.93. The normalized spacial score (nSPS) is 28.5. The first kappa shape index (κ1) is 10.5. The molecule has 1 heterocycles. The molecule has 1 aromatic heterocycles. The Morgan fingerprint density at radius 1 is 1.64 bits per heavy atom. The van der Waals surface area contributed by atoms with Crippen molar-refractivity contribution in [2.45, 2.75) is 32.8 Å². The average Bonchev–Trinajstić information content (AvgIpc) is 2.52. The van der Waals surface area contributed by atoms with Crippen LogP contribution in [0, 0.1) is 11.3 Å². The lowest BCUT2D eigenvalue weighted by Crippen LogP contribution is -2.25. The van der Waals surface area contributed by atoms with Gasteiger partial charge < -0.3 is 5.11 Å². The Bertz CT molecular complexity index is 354. The quantitative estimate of drug-likeness (QED) is 0.822. The Morgan fingerprint density at radius 2 is 2.21 bits per heavy atom. The SMILES string of the molecule is CC1(C)CC1C(C)(O)c1sccc1Cl. The summed E-state index contributed by atoms with van der Waals surface area (Å²) in [5.74, 6) is 0.339. The van der Waals surface area contributed by atoms with Crippen molar-refractivity contribution >= 4 is 22.9 Å². The second-order valence-electron chi connectivity index (χ2n) is 4.99. The Labute approximate surface area is 93.7 Å². The fourth-order valence-corrected chi connectivity index (χ4v) is 3.60. The first-order chi connectivity index (χ1) is 6.36. The summed E-state index contributed by atoms with van der Waals surface area (Å²) < 4.78 is 0. The van der Waals surface area contributed by atoms with Crippen LogP contribution in [0.15, 0.2) is 11.4 Å². The highest BCUT2D eigenvalue weighted by Gasteiger charge is 2.56. The van der Waals surface area contributed by atoms with E-state index in [1.807, 2.05) is 18.4 Å². The largest absolute Gasteiger partial charge is 0.384 e. The third-order valence-corrected chi connectivity index (χ3v) is 4.84. The predicted octanol–water partition coefficient (Wildman–Crippen LogP) is 3.66. The second kappa shape index (κ2) is 2.97. The van der Waals surface area contributed by atoms with Crippen molar-refractivity contribution in [2.24, 2.45) is 11.3 Å². The summed E-state index contributed by atoms with van der Waals surface area (Å²) in [5.41, 5.74) is -0.494. The summed E-state index contributed by atoms with van der Waals surface area (Å²) in [7, 11) is 0. The van der Waals surface area contributed by atoms with Gasteiger partial charge in [-0.05, 0) is 36.1 Å². The molecule has 1 aliphatic carbocycles. The van der Waals surface area contributed by atoms with Gasteiger partial charge >= 0.3 is 0 Å². The van der Waals surface area contributed by atoms with Gasteiger partial charge in [0.1, 0.15) is 5.60 Å². The Morgan fingerprint density at radius 3 is 2.57 bits per heavy atom. The van der Waals surface area contributed by atoms with Crippen LogP contribution >= 0.6 is 22.9 Å². The predicted molar refractivity (Wildman–Crippen MR) is 60.8 cm³/mol. The summed E-state index contributed by atoms with van der Waals surface area (Å²) in [4.78, 5) is 0.912. The van der Waals surface area contributed by atoms with Gasteiger partial charge in [0.15, 0.2) is 0 Å². The number of hydrogen-bond acceptors (Lipinski definition) is 2. The molecule has 0 spiro atoms. The van der Waals surface area contributed by atoms with Crippen molar-refractivity contribution in [3.05, 3.63) is 21.3 Å². The zero-order chi connectivity index (χ0) is 10.6. The van der Waals surface area contributed by atoms with Gasteiger partial charge in [-0.25, -0.2) is 0 Å². The average molecular weight is 231 g/mol. The number of aliphatic hydroxyl groups is 1. The molecule has 0 aromatic carbocycles. The minimum Gasteiger partial charge on any atom is -0.384 e. The number of thiophene rings is 1. The first-order valence-electron chi connectivity index (χ1n) is 4.81. The van der Waals surface area contributed by atoms with Crippen LogP contribution in [-0.4, -0.2) is 5.11 Å². The zero-order valence-electron chi connectivity index (χ0n) is 8.67. The van der Waals surface area contributed by atoms with Crippen molar-refractivity contribution in [1.29, 1.82) is 0 Å². The molecular weight excluding hydrogens is 216 g/mol. The maximum Gasteiger partial charge on any atom is 0.101 e. The molecular formula is C11H15ClOS. The van der Waals surface area contributed by atoms with Gasteiger partial charge in [-0.15, -0.1) is 11.3 Å². The van der Waals surface area contributed by atoms with Gasteiger partial charge in [-0.3, -0.25) is 0 Å². The Kier molecular flexibility index (Phi) is 2.22. The molecule has 0 saturated heterocycles. The minimum absolute atomic E-state index is 0.261. The molecule has 14 heavy (non-hydrogen) atoms. The second-order valence-corrected chi connectivity index (χ2v) is 6.31. The highest BCUT2D eigenvalue weighted by Crippen LogP contribution is 2.61. The fourth-order valence-electron chi connectivity index (χ4n) is 2.24. The van der Waals surface area contributed by atoms with E-state index >= 15 is 0 Å². The van der Waals surface area contributed by atoms with E-state index in [9.17, 15) is 5.11 Å². The highest BCUT2D eigenvalue weighted by atomic mass is 35.5. The standard InChI is InChI=1S/C11H15ClOS/c1-10(2)6-8(10)11(3,13)9-7(12)4-5-14-9/h4-5,8,13H,6H2,1-3H3. The van der Waals surface area contributed by atoms with E-state index in [0.29, 0.717) is 10.9 Å². The highest BCUT2D eigenvalue weighted by molar-refractivity contribution is 7.10. The fraction of sp³-hybridized carbons (Fsp3) is 0.636. The summed E-state index contributed by atoms with van der Waals surface area (Å²) in [6.45, 7) is 6.26. The molecule has 0 bridgehead atoms. The molecule has 1 saturated carbocycles. The Balaban J connectivity index is 2.30. The van der Waals surface area contributed by atoms with Crippen LogP contribution in [0.5, 0.6) is 0 Å². The lowest BCUT2D eigenvalue weighted by Gasteiger charge is -2.24.